The molecule has 2 unspecified atom stereocenters. The molecule has 0 saturated heterocycles. The van der Waals surface area contributed by atoms with Crippen molar-refractivity contribution < 1.29 is 50.7 Å². The topological polar surface area (TPSA) is 0 Å². The molecule has 0 aromatic heterocycles. The largest absolute Gasteiger partial charge is 4.00 e. The predicted molar refractivity (Wildman–Crippen MR) is 135 cm³/mol. The number of rotatable bonds is 4. The van der Waals surface area contributed by atoms with Crippen molar-refractivity contribution in [2.45, 2.75) is 24.7 Å². The van der Waals surface area contributed by atoms with Crippen molar-refractivity contribution >= 4 is 0 Å². The molecule has 0 aliphatic heterocycles. The summed E-state index contributed by atoms with van der Waals surface area (Å²) in [5.74, 6) is 0.898. The Labute approximate surface area is 240 Å². The van der Waals surface area contributed by atoms with E-state index in [4.69, 9.17) is 0 Å². The van der Waals surface area contributed by atoms with Crippen LogP contribution in [0.25, 0.3) is 22.3 Å². The van der Waals surface area contributed by atoms with Crippen LogP contribution in [-0.2, 0) is 25.8 Å². The summed E-state index contributed by atoms with van der Waals surface area (Å²) in [5.41, 5.74) is 10.9. The maximum atomic E-state index is 3.86. The SMILES string of the molecule is C=CCC1c2[c-]cccc2-c2ccccc21.C=CCC1c2[c-]cccc2-c2ccccc21.[Cl-].[Cl-].[Hf+4]. The third-order valence-corrected chi connectivity index (χ3v) is 6.53. The Kier molecular flexibility index (Phi) is 11.0. The molecular formula is C32H26Cl2Hf. The van der Waals surface area contributed by atoms with E-state index in [2.05, 4.69) is 98.1 Å². The van der Waals surface area contributed by atoms with Gasteiger partial charge in [-0.25, -0.2) is 0 Å². The Bertz CT molecular complexity index is 1100. The monoisotopic (exact) mass is 660 g/mol. The van der Waals surface area contributed by atoms with Crippen LogP contribution in [0.4, 0.5) is 0 Å². The van der Waals surface area contributed by atoms with E-state index < -0.39 is 0 Å². The van der Waals surface area contributed by atoms with Crippen LogP contribution in [-0.4, -0.2) is 0 Å². The van der Waals surface area contributed by atoms with Crippen LogP contribution in [0.5, 0.6) is 0 Å². The van der Waals surface area contributed by atoms with Gasteiger partial charge in [0.25, 0.3) is 0 Å². The quantitative estimate of drug-likeness (QED) is 0.180. The van der Waals surface area contributed by atoms with Gasteiger partial charge in [0.1, 0.15) is 0 Å². The van der Waals surface area contributed by atoms with Crippen LogP contribution in [0, 0.1) is 12.1 Å². The van der Waals surface area contributed by atoms with Gasteiger partial charge in [-0.2, -0.15) is 48.5 Å². The van der Waals surface area contributed by atoms with Gasteiger partial charge in [0.05, 0.1) is 0 Å². The first kappa shape index (κ1) is 29.0. The van der Waals surface area contributed by atoms with Gasteiger partial charge in [0, 0.05) is 0 Å². The van der Waals surface area contributed by atoms with Crippen molar-refractivity contribution in [1.82, 2.24) is 0 Å². The molecule has 0 radical (unpaired) electrons. The zero-order valence-electron chi connectivity index (χ0n) is 19.5. The molecular weight excluding hydrogens is 634 g/mol. The molecule has 0 amide bonds. The van der Waals surface area contributed by atoms with Crippen molar-refractivity contribution in [3.8, 4) is 22.3 Å². The Hall–Kier alpha value is -2.19. The Morgan fingerprint density at radius 1 is 0.571 bits per heavy atom. The van der Waals surface area contributed by atoms with Gasteiger partial charge in [-0.15, -0.1) is 35.4 Å². The van der Waals surface area contributed by atoms with Gasteiger partial charge in [-0.05, 0) is 35.8 Å². The molecule has 172 valence electrons. The summed E-state index contributed by atoms with van der Waals surface area (Å²) in [6.07, 6.45) is 5.98. The standard InChI is InChI=1S/2C16H13.2ClH.Hf/c2*1-2-7-12-13-8-3-5-10-15(13)16-11-6-4-9-14(12)16;;;/h2*2-6,8,10-12H,1,7H2;2*1H;/q2*-1;;;+4/p-2. The maximum absolute atomic E-state index is 3.86. The molecule has 2 aliphatic carbocycles. The number of allylic oxidation sites excluding steroid dienone is 2. The minimum Gasteiger partial charge on any atom is -1.00 e. The van der Waals surface area contributed by atoms with Crippen molar-refractivity contribution in [1.29, 1.82) is 0 Å². The Morgan fingerprint density at radius 3 is 1.34 bits per heavy atom. The maximum Gasteiger partial charge on any atom is 4.00 e. The van der Waals surface area contributed by atoms with Crippen LogP contribution >= 0.6 is 0 Å². The Morgan fingerprint density at radius 2 is 0.943 bits per heavy atom. The second-order valence-electron chi connectivity index (χ2n) is 8.32. The molecule has 35 heavy (non-hydrogen) atoms. The van der Waals surface area contributed by atoms with Crippen LogP contribution < -0.4 is 24.8 Å². The summed E-state index contributed by atoms with van der Waals surface area (Å²) >= 11 is 0. The zero-order valence-corrected chi connectivity index (χ0v) is 24.6. The number of hydrogen-bond acceptors (Lipinski definition) is 0. The molecule has 2 aliphatic rings. The number of benzene rings is 4. The minimum absolute atomic E-state index is 0. The fourth-order valence-electron chi connectivity index (χ4n) is 5.17. The third-order valence-electron chi connectivity index (χ3n) is 6.53. The first-order valence-electron chi connectivity index (χ1n) is 11.2. The average molecular weight is 660 g/mol. The minimum atomic E-state index is 0. The van der Waals surface area contributed by atoms with Crippen LogP contribution in [0.1, 0.15) is 46.9 Å². The normalized spacial score (nSPS) is 15.2. The summed E-state index contributed by atoms with van der Waals surface area (Å²) in [6.45, 7) is 7.71. The van der Waals surface area contributed by atoms with Gasteiger partial charge >= 0.3 is 25.8 Å². The molecule has 4 aromatic carbocycles. The van der Waals surface area contributed by atoms with Crippen molar-refractivity contribution in [3.63, 3.8) is 0 Å². The van der Waals surface area contributed by atoms with E-state index in [9.17, 15) is 0 Å². The van der Waals surface area contributed by atoms with Crippen molar-refractivity contribution in [2.24, 2.45) is 0 Å². The molecule has 0 saturated carbocycles. The van der Waals surface area contributed by atoms with Gasteiger partial charge < -0.3 is 24.8 Å². The van der Waals surface area contributed by atoms with Gasteiger partial charge in [-0.3, -0.25) is 0 Å². The molecule has 6 rings (SSSR count). The van der Waals surface area contributed by atoms with E-state index in [-0.39, 0.29) is 50.7 Å². The van der Waals surface area contributed by atoms with E-state index in [0.717, 1.165) is 12.8 Å². The van der Waals surface area contributed by atoms with Crippen molar-refractivity contribution in [3.05, 3.63) is 145 Å². The zero-order chi connectivity index (χ0) is 21.9. The molecule has 4 aromatic rings. The van der Waals surface area contributed by atoms with E-state index in [1.807, 2.05) is 24.3 Å². The average Bonchev–Trinajstić information content (AvgIpc) is 3.34. The molecule has 2 atom stereocenters. The van der Waals surface area contributed by atoms with Crippen LogP contribution in [0.15, 0.2) is 110 Å². The van der Waals surface area contributed by atoms with E-state index >= 15 is 0 Å². The fraction of sp³-hybridized carbons (Fsp3) is 0.125. The van der Waals surface area contributed by atoms with E-state index in [1.54, 1.807) is 0 Å². The molecule has 0 fully saturated rings. The van der Waals surface area contributed by atoms with E-state index in [0.29, 0.717) is 11.8 Å². The van der Waals surface area contributed by atoms with Crippen LogP contribution in [0.2, 0.25) is 0 Å². The second kappa shape index (κ2) is 13.2. The number of hydrogen-bond donors (Lipinski definition) is 0. The number of halogens is 2. The van der Waals surface area contributed by atoms with E-state index in [1.165, 1.54) is 44.5 Å². The second-order valence-corrected chi connectivity index (χ2v) is 8.32. The molecule has 0 bridgehead atoms. The predicted octanol–water partition coefficient (Wildman–Crippen LogP) is 2.36. The summed E-state index contributed by atoms with van der Waals surface area (Å²) in [7, 11) is 0. The summed E-state index contributed by atoms with van der Waals surface area (Å²) in [5, 5.41) is 0. The van der Waals surface area contributed by atoms with Crippen LogP contribution in [0.3, 0.4) is 0 Å². The van der Waals surface area contributed by atoms with Crippen molar-refractivity contribution in [2.75, 3.05) is 0 Å². The first-order chi connectivity index (χ1) is 15.8. The van der Waals surface area contributed by atoms with Gasteiger partial charge in [0.2, 0.25) is 0 Å². The summed E-state index contributed by atoms with van der Waals surface area (Å²) < 4.78 is 0. The first-order valence-corrected chi connectivity index (χ1v) is 11.2. The van der Waals surface area contributed by atoms with Gasteiger partial charge in [0.15, 0.2) is 0 Å². The molecule has 0 N–H and O–H groups in total. The summed E-state index contributed by atoms with van der Waals surface area (Å²) in [4.78, 5) is 0. The van der Waals surface area contributed by atoms with Gasteiger partial charge in [-0.1, -0.05) is 71.8 Å². The molecule has 3 heteroatoms. The molecule has 0 nitrogen and oxygen atoms in total. The number of fused-ring (bicyclic) bond motifs is 6. The Balaban J connectivity index is 0.000000227. The smallest absolute Gasteiger partial charge is 1.00 e. The fourth-order valence-corrected chi connectivity index (χ4v) is 5.17. The molecule has 0 heterocycles. The molecule has 0 spiro atoms. The summed E-state index contributed by atoms with van der Waals surface area (Å²) in [6, 6.07) is 36.5. The third kappa shape index (κ3) is 5.48.